The molecule has 0 heterocycles. The number of hydrogen-bond acceptors (Lipinski definition) is 3. The van der Waals surface area contributed by atoms with Gasteiger partial charge in [-0.25, -0.2) is 0 Å². The summed E-state index contributed by atoms with van der Waals surface area (Å²) in [4.78, 5) is 11.6. The van der Waals surface area contributed by atoms with Crippen LogP contribution in [0.25, 0.3) is 0 Å². The molecule has 0 aromatic heterocycles. The first-order chi connectivity index (χ1) is 9.24. The summed E-state index contributed by atoms with van der Waals surface area (Å²) in [7, 11) is 0. The molecule has 0 saturated heterocycles. The smallest absolute Gasteiger partial charge is 0.220 e. The maximum Gasteiger partial charge on any atom is 0.220 e. The summed E-state index contributed by atoms with van der Waals surface area (Å²) in [5.74, 6) is 0.0745. The summed E-state index contributed by atoms with van der Waals surface area (Å²) in [6.07, 6.45) is 5.05. The van der Waals surface area contributed by atoms with Gasteiger partial charge in [-0.3, -0.25) is 4.79 Å². The zero-order valence-corrected chi connectivity index (χ0v) is 11.4. The zero-order chi connectivity index (χ0) is 13.9. The van der Waals surface area contributed by atoms with Crippen molar-refractivity contribution in [3.8, 4) is 0 Å². The summed E-state index contributed by atoms with van der Waals surface area (Å²) < 4.78 is 0. The molecule has 1 rings (SSSR count). The molecule has 4 heteroatoms. The lowest BCUT2D eigenvalue weighted by Crippen LogP contribution is -2.24. The molecule has 0 saturated carbocycles. The van der Waals surface area contributed by atoms with Gasteiger partial charge in [0.25, 0.3) is 0 Å². The molecule has 0 atom stereocenters. The Morgan fingerprint density at radius 1 is 1.16 bits per heavy atom. The number of nitrogens with two attached hydrogens (primary N) is 1. The van der Waals surface area contributed by atoms with Crippen LogP contribution in [0.15, 0.2) is 24.3 Å². The van der Waals surface area contributed by atoms with Crippen molar-refractivity contribution in [2.45, 2.75) is 38.5 Å². The maximum absolute atomic E-state index is 11.6. The fraction of sp³-hybridized carbons (Fsp3) is 0.533. The number of amides is 1. The van der Waals surface area contributed by atoms with E-state index in [1.54, 1.807) is 0 Å². The number of hydrogen-bond donors (Lipinski definition) is 3. The highest BCUT2D eigenvalue weighted by Gasteiger charge is 2.03. The average molecular weight is 264 g/mol. The number of anilines is 1. The zero-order valence-electron chi connectivity index (χ0n) is 11.4. The monoisotopic (exact) mass is 264 g/mol. The van der Waals surface area contributed by atoms with Crippen molar-refractivity contribution in [2.75, 3.05) is 18.9 Å². The molecule has 4 N–H and O–H groups in total. The van der Waals surface area contributed by atoms with Crippen molar-refractivity contribution in [2.24, 2.45) is 0 Å². The van der Waals surface area contributed by atoms with E-state index in [4.69, 9.17) is 10.8 Å². The Morgan fingerprint density at radius 2 is 1.89 bits per heavy atom. The Kier molecular flexibility index (Phi) is 7.66. The number of carbonyl (C=O) groups is 1. The summed E-state index contributed by atoms with van der Waals surface area (Å²) in [5.41, 5.74) is 7.60. The van der Waals surface area contributed by atoms with Crippen LogP contribution < -0.4 is 11.1 Å². The first-order valence-electron chi connectivity index (χ1n) is 6.95. The van der Waals surface area contributed by atoms with Crippen LogP contribution in [0, 0.1) is 0 Å². The van der Waals surface area contributed by atoms with Crippen LogP contribution in [0.5, 0.6) is 0 Å². The van der Waals surface area contributed by atoms with Crippen LogP contribution >= 0.6 is 0 Å². The SMILES string of the molecule is Nc1ccccc1CCC(=O)NCCCCCCO. The molecule has 106 valence electrons. The van der Waals surface area contributed by atoms with Crippen LogP contribution in [-0.2, 0) is 11.2 Å². The fourth-order valence-electron chi connectivity index (χ4n) is 1.92. The topological polar surface area (TPSA) is 75.4 Å². The molecule has 0 aliphatic carbocycles. The van der Waals surface area contributed by atoms with Crippen molar-refractivity contribution in [1.82, 2.24) is 5.32 Å². The standard InChI is InChI=1S/C15H24N2O2/c16-14-8-4-3-7-13(14)9-10-15(19)17-11-5-1-2-6-12-18/h3-4,7-8,18H,1-2,5-6,9-12,16H2,(H,17,19). The highest BCUT2D eigenvalue weighted by Crippen LogP contribution is 2.12. The van der Waals surface area contributed by atoms with Gasteiger partial charge in [0, 0.05) is 25.3 Å². The Hall–Kier alpha value is -1.55. The number of rotatable bonds is 9. The highest BCUT2D eigenvalue weighted by atomic mass is 16.2. The minimum Gasteiger partial charge on any atom is -0.399 e. The molecular formula is C15H24N2O2. The van der Waals surface area contributed by atoms with Gasteiger partial charge in [0.2, 0.25) is 5.91 Å². The number of para-hydroxylation sites is 1. The van der Waals surface area contributed by atoms with E-state index < -0.39 is 0 Å². The predicted molar refractivity (Wildman–Crippen MR) is 77.7 cm³/mol. The molecule has 1 amide bonds. The molecule has 4 nitrogen and oxygen atoms in total. The van der Waals surface area contributed by atoms with E-state index in [9.17, 15) is 4.79 Å². The van der Waals surface area contributed by atoms with Gasteiger partial charge in [-0.05, 0) is 30.9 Å². The van der Waals surface area contributed by atoms with Gasteiger partial charge in [-0.15, -0.1) is 0 Å². The molecule has 0 fully saturated rings. The second kappa shape index (κ2) is 9.39. The van der Waals surface area contributed by atoms with Gasteiger partial charge in [-0.2, -0.15) is 0 Å². The van der Waals surface area contributed by atoms with Gasteiger partial charge >= 0.3 is 0 Å². The lowest BCUT2D eigenvalue weighted by Gasteiger charge is -2.06. The molecule has 0 radical (unpaired) electrons. The van der Waals surface area contributed by atoms with Crippen molar-refractivity contribution < 1.29 is 9.90 Å². The first kappa shape index (κ1) is 15.5. The highest BCUT2D eigenvalue weighted by molar-refractivity contribution is 5.76. The van der Waals surface area contributed by atoms with Crippen molar-refractivity contribution in [1.29, 1.82) is 0 Å². The second-order valence-electron chi connectivity index (χ2n) is 4.69. The minimum atomic E-state index is 0.0745. The number of benzene rings is 1. The molecule has 0 unspecified atom stereocenters. The molecular weight excluding hydrogens is 240 g/mol. The molecule has 0 aliphatic heterocycles. The number of aliphatic hydroxyl groups is 1. The summed E-state index contributed by atoms with van der Waals surface area (Å²) in [6.45, 7) is 0.972. The number of aryl methyl sites for hydroxylation is 1. The Labute approximate surface area is 115 Å². The lowest BCUT2D eigenvalue weighted by molar-refractivity contribution is -0.121. The summed E-state index contributed by atoms with van der Waals surface area (Å²) >= 11 is 0. The van der Waals surface area contributed by atoms with Gasteiger partial charge in [-0.1, -0.05) is 31.0 Å². The van der Waals surface area contributed by atoms with Crippen molar-refractivity contribution >= 4 is 11.6 Å². The normalized spacial score (nSPS) is 10.4. The lowest BCUT2D eigenvalue weighted by atomic mass is 10.1. The first-order valence-corrected chi connectivity index (χ1v) is 6.95. The largest absolute Gasteiger partial charge is 0.399 e. The molecule has 0 spiro atoms. The van der Waals surface area contributed by atoms with Gasteiger partial charge in [0.15, 0.2) is 0 Å². The Morgan fingerprint density at radius 3 is 2.63 bits per heavy atom. The van der Waals surface area contributed by atoms with E-state index in [1.165, 1.54) is 0 Å². The molecule has 19 heavy (non-hydrogen) atoms. The maximum atomic E-state index is 11.6. The molecule has 0 aliphatic rings. The number of nitrogen functional groups attached to an aromatic ring is 1. The van der Waals surface area contributed by atoms with Gasteiger partial charge in [0.1, 0.15) is 0 Å². The Bertz CT molecular complexity index is 380. The third-order valence-corrected chi connectivity index (χ3v) is 3.08. The summed E-state index contributed by atoms with van der Waals surface area (Å²) in [5, 5.41) is 11.5. The van der Waals surface area contributed by atoms with Crippen LogP contribution in [0.2, 0.25) is 0 Å². The van der Waals surface area contributed by atoms with Crippen molar-refractivity contribution in [3.05, 3.63) is 29.8 Å². The molecule has 1 aromatic carbocycles. The van der Waals surface area contributed by atoms with E-state index in [2.05, 4.69) is 5.32 Å². The minimum absolute atomic E-state index is 0.0745. The van der Waals surface area contributed by atoms with E-state index in [-0.39, 0.29) is 12.5 Å². The van der Waals surface area contributed by atoms with Gasteiger partial charge in [0.05, 0.1) is 0 Å². The number of nitrogens with one attached hydrogen (secondary N) is 1. The van der Waals surface area contributed by atoms with E-state index in [0.717, 1.165) is 36.9 Å². The number of carbonyl (C=O) groups excluding carboxylic acids is 1. The summed E-state index contributed by atoms with van der Waals surface area (Å²) in [6, 6.07) is 7.64. The van der Waals surface area contributed by atoms with Crippen LogP contribution in [0.4, 0.5) is 5.69 Å². The van der Waals surface area contributed by atoms with E-state index >= 15 is 0 Å². The second-order valence-corrected chi connectivity index (χ2v) is 4.69. The van der Waals surface area contributed by atoms with E-state index in [1.807, 2.05) is 24.3 Å². The predicted octanol–water partition coefficient (Wildman–Crippen LogP) is 1.87. The fourth-order valence-corrected chi connectivity index (χ4v) is 1.92. The van der Waals surface area contributed by atoms with Crippen LogP contribution in [0.1, 0.15) is 37.7 Å². The van der Waals surface area contributed by atoms with Gasteiger partial charge < -0.3 is 16.2 Å². The number of aliphatic hydroxyl groups excluding tert-OH is 1. The average Bonchev–Trinajstić information content (AvgIpc) is 2.42. The Balaban J connectivity index is 2.10. The molecule has 0 bridgehead atoms. The van der Waals surface area contributed by atoms with Crippen LogP contribution in [-0.4, -0.2) is 24.2 Å². The quantitative estimate of drug-likeness (QED) is 0.471. The van der Waals surface area contributed by atoms with Crippen molar-refractivity contribution in [3.63, 3.8) is 0 Å². The molecule has 1 aromatic rings. The van der Waals surface area contributed by atoms with E-state index in [0.29, 0.717) is 19.4 Å². The third kappa shape index (κ3) is 6.82. The van der Waals surface area contributed by atoms with Crippen LogP contribution in [0.3, 0.4) is 0 Å². The third-order valence-electron chi connectivity index (χ3n) is 3.08. The number of unbranched alkanes of at least 4 members (excludes halogenated alkanes) is 3.